The minimum atomic E-state index is -3.69. The Kier molecular flexibility index (Phi) is 5.32. The molecule has 0 radical (unpaired) electrons. The molecule has 1 saturated heterocycles. The van der Waals surface area contributed by atoms with Crippen LogP contribution in [0.25, 0.3) is 0 Å². The maximum Gasteiger partial charge on any atom is 0.242 e. The zero-order chi connectivity index (χ0) is 15.5. The van der Waals surface area contributed by atoms with E-state index in [0.29, 0.717) is 18.0 Å². The van der Waals surface area contributed by atoms with Gasteiger partial charge in [0.2, 0.25) is 10.0 Å². The van der Waals surface area contributed by atoms with Gasteiger partial charge in [-0.2, -0.15) is 0 Å². The van der Waals surface area contributed by atoms with Crippen LogP contribution in [0.15, 0.2) is 17.0 Å². The van der Waals surface area contributed by atoms with Crippen molar-refractivity contribution in [3.63, 3.8) is 0 Å². The van der Waals surface area contributed by atoms with E-state index in [0.717, 1.165) is 19.4 Å². The molecule has 1 aromatic carbocycles. The van der Waals surface area contributed by atoms with Crippen LogP contribution >= 0.6 is 11.6 Å². The lowest BCUT2D eigenvalue weighted by Gasteiger charge is -2.15. The number of ether oxygens (including phenoxy) is 2. The van der Waals surface area contributed by atoms with Gasteiger partial charge < -0.3 is 14.8 Å². The summed E-state index contributed by atoms with van der Waals surface area (Å²) in [5, 5.41) is 3.33. The average Bonchev–Trinajstić information content (AvgIpc) is 2.98. The highest BCUT2D eigenvalue weighted by atomic mass is 35.5. The highest BCUT2D eigenvalue weighted by Crippen LogP contribution is 2.35. The Labute approximate surface area is 129 Å². The maximum atomic E-state index is 12.4. The molecule has 1 fully saturated rings. The van der Waals surface area contributed by atoms with Crippen LogP contribution < -0.4 is 19.5 Å². The summed E-state index contributed by atoms with van der Waals surface area (Å²) in [5.41, 5.74) is 0. The molecule has 1 unspecified atom stereocenters. The quantitative estimate of drug-likeness (QED) is 0.822. The number of methoxy groups -OCH3 is 2. The van der Waals surface area contributed by atoms with Crippen LogP contribution in [-0.2, 0) is 10.0 Å². The van der Waals surface area contributed by atoms with Gasteiger partial charge in [0.25, 0.3) is 0 Å². The Hall–Kier alpha value is -1.02. The zero-order valence-corrected chi connectivity index (χ0v) is 13.6. The largest absolute Gasteiger partial charge is 0.493 e. The van der Waals surface area contributed by atoms with Crippen LogP contribution in [0.3, 0.4) is 0 Å². The molecule has 1 aromatic rings. The van der Waals surface area contributed by atoms with Crippen molar-refractivity contribution in [3.8, 4) is 11.5 Å². The summed E-state index contributed by atoms with van der Waals surface area (Å²) in [6, 6.07) is 2.97. The summed E-state index contributed by atoms with van der Waals surface area (Å²) >= 11 is 6.05. The third kappa shape index (κ3) is 3.79. The predicted octanol–water partition coefficient (Wildman–Crippen LogP) is 1.39. The van der Waals surface area contributed by atoms with Gasteiger partial charge in [-0.25, -0.2) is 13.1 Å². The van der Waals surface area contributed by atoms with Crippen molar-refractivity contribution in [2.24, 2.45) is 0 Å². The number of rotatable bonds is 6. The molecule has 1 aliphatic heterocycles. The number of hydrogen-bond donors (Lipinski definition) is 2. The first-order valence-corrected chi connectivity index (χ1v) is 8.48. The van der Waals surface area contributed by atoms with Crippen LogP contribution in [0.2, 0.25) is 5.02 Å². The van der Waals surface area contributed by atoms with Crippen LogP contribution in [0.1, 0.15) is 12.8 Å². The van der Waals surface area contributed by atoms with Crippen LogP contribution in [0.5, 0.6) is 11.5 Å². The molecule has 0 aliphatic carbocycles. The van der Waals surface area contributed by atoms with Crippen molar-refractivity contribution >= 4 is 21.6 Å². The summed E-state index contributed by atoms with van der Waals surface area (Å²) in [6.07, 6.45) is 2.02. The lowest BCUT2D eigenvalue weighted by molar-refractivity contribution is 0.354. The van der Waals surface area contributed by atoms with E-state index >= 15 is 0 Å². The number of halogens is 1. The Morgan fingerprint density at radius 1 is 1.33 bits per heavy atom. The highest BCUT2D eigenvalue weighted by Gasteiger charge is 2.23. The van der Waals surface area contributed by atoms with E-state index in [1.54, 1.807) is 0 Å². The van der Waals surface area contributed by atoms with Gasteiger partial charge in [-0.15, -0.1) is 0 Å². The second kappa shape index (κ2) is 6.83. The zero-order valence-electron chi connectivity index (χ0n) is 12.0. The molecule has 2 N–H and O–H groups in total. The summed E-state index contributed by atoms with van der Waals surface area (Å²) in [6.45, 7) is 1.26. The number of sulfonamides is 1. The van der Waals surface area contributed by atoms with E-state index in [1.807, 2.05) is 0 Å². The Morgan fingerprint density at radius 2 is 2.00 bits per heavy atom. The van der Waals surface area contributed by atoms with Gasteiger partial charge in [-0.1, -0.05) is 11.6 Å². The van der Waals surface area contributed by atoms with Crippen molar-refractivity contribution < 1.29 is 17.9 Å². The van der Waals surface area contributed by atoms with E-state index < -0.39 is 10.0 Å². The van der Waals surface area contributed by atoms with E-state index in [-0.39, 0.29) is 16.0 Å². The fourth-order valence-electron chi connectivity index (χ4n) is 2.26. The van der Waals surface area contributed by atoms with E-state index in [9.17, 15) is 8.42 Å². The number of benzene rings is 1. The van der Waals surface area contributed by atoms with E-state index in [4.69, 9.17) is 21.1 Å². The van der Waals surface area contributed by atoms with Crippen molar-refractivity contribution in [2.45, 2.75) is 23.8 Å². The Balaban J connectivity index is 2.22. The van der Waals surface area contributed by atoms with Crippen LogP contribution in [0, 0.1) is 0 Å². The third-order valence-corrected chi connectivity index (χ3v) is 5.30. The first kappa shape index (κ1) is 16.4. The van der Waals surface area contributed by atoms with Gasteiger partial charge in [-0.05, 0) is 19.4 Å². The van der Waals surface area contributed by atoms with E-state index in [2.05, 4.69) is 10.0 Å². The van der Waals surface area contributed by atoms with Crippen LogP contribution in [0.4, 0.5) is 0 Å². The highest BCUT2D eigenvalue weighted by molar-refractivity contribution is 7.89. The molecule has 21 heavy (non-hydrogen) atoms. The van der Waals surface area contributed by atoms with Gasteiger partial charge in [0.1, 0.15) is 4.90 Å². The van der Waals surface area contributed by atoms with Gasteiger partial charge in [-0.3, -0.25) is 0 Å². The summed E-state index contributed by atoms with van der Waals surface area (Å²) < 4.78 is 37.5. The number of nitrogens with one attached hydrogen (secondary N) is 2. The molecule has 8 heteroatoms. The standard InChI is InChI=1S/C13H19ClN2O4S/c1-19-11-6-10(14)13(7-12(11)20-2)21(17,18)16-8-9-4-3-5-15-9/h6-7,9,15-16H,3-5,8H2,1-2H3. The molecule has 0 aromatic heterocycles. The first-order chi connectivity index (χ1) is 9.97. The lowest BCUT2D eigenvalue weighted by Crippen LogP contribution is -2.37. The van der Waals surface area contributed by atoms with Crippen molar-refractivity contribution in [1.82, 2.24) is 10.0 Å². The van der Waals surface area contributed by atoms with Gasteiger partial charge in [0.05, 0.1) is 19.2 Å². The minimum Gasteiger partial charge on any atom is -0.493 e. The molecule has 0 saturated carbocycles. The maximum absolute atomic E-state index is 12.4. The molecular formula is C13H19ClN2O4S. The van der Waals surface area contributed by atoms with Gasteiger partial charge in [0.15, 0.2) is 11.5 Å². The molecule has 118 valence electrons. The van der Waals surface area contributed by atoms with Gasteiger partial charge >= 0.3 is 0 Å². The normalized spacial score (nSPS) is 18.7. The molecule has 1 heterocycles. The summed E-state index contributed by atoms with van der Waals surface area (Å²) in [7, 11) is -0.786. The molecular weight excluding hydrogens is 316 g/mol. The monoisotopic (exact) mass is 334 g/mol. The predicted molar refractivity (Wildman–Crippen MR) is 80.8 cm³/mol. The smallest absolute Gasteiger partial charge is 0.242 e. The van der Waals surface area contributed by atoms with Crippen molar-refractivity contribution in [3.05, 3.63) is 17.2 Å². The first-order valence-electron chi connectivity index (χ1n) is 6.62. The second-order valence-electron chi connectivity index (χ2n) is 4.78. The van der Waals surface area contributed by atoms with Crippen molar-refractivity contribution in [1.29, 1.82) is 0 Å². The molecule has 6 nitrogen and oxygen atoms in total. The lowest BCUT2D eigenvalue weighted by atomic mass is 10.2. The Morgan fingerprint density at radius 3 is 2.57 bits per heavy atom. The molecule has 0 bridgehead atoms. The molecule has 1 aliphatic rings. The molecule has 0 amide bonds. The molecule has 2 rings (SSSR count). The SMILES string of the molecule is COc1cc(Cl)c(S(=O)(=O)NCC2CCCN2)cc1OC. The second-order valence-corrected chi connectivity index (χ2v) is 6.93. The number of hydrogen-bond acceptors (Lipinski definition) is 5. The molecule has 0 spiro atoms. The Bertz CT molecular complexity index is 600. The fraction of sp³-hybridized carbons (Fsp3) is 0.538. The third-order valence-electron chi connectivity index (χ3n) is 3.41. The van der Waals surface area contributed by atoms with E-state index in [1.165, 1.54) is 26.4 Å². The summed E-state index contributed by atoms with van der Waals surface area (Å²) in [4.78, 5) is -0.0141. The fourth-order valence-corrected chi connectivity index (χ4v) is 3.87. The van der Waals surface area contributed by atoms with Gasteiger partial charge in [0, 0.05) is 24.7 Å². The average molecular weight is 335 g/mol. The molecule has 1 atom stereocenters. The van der Waals surface area contributed by atoms with Crippen molar-refractivity contribution in [2.75, 3.05) is 27.3 Å². The summed E-state index contributed by atoms with van der Waals surface area (Å²) in [5.74, 6) is 0.708. The minimum absolute atomic E-state index is 0.0141. The topological polar surface area (TPSA) is 76.7 Å². The van der Waals surface area contributed by atoms with Crippen LogP contribution in [-0.4, -0.2) is 41.8 Å².